The van der Waals surface area contributed by atoms with Crippen molar-refractivity contribution >= 4 is 28.1 Å². The molecule has 0 amide bonds. The Hall–Kier alpha value is -2.29. The molecule has 0 spiro atoms. The van der Waals surface area contributed by atoms with Crippen LogP contribution in [0.15, 0.2) is 12.1 Å². The lowest BCUT2D eigenvalue weighted by Gasteiger charge is -2.22. The van der Waals surface area contributed by atoms with E-state index in [1.54, 1.807) is 0 Å². The molecule has 1 saturated heterocycles. The molecular formula is C18H26N8S. The topological polar surface area (TPSA) is 75.3 Å². The molecule has 1 fully saturated rings. The lowest BCUT2D eigenvalue weighted by Crippen LogP contribution is -2.31. The third-order valence-corrected chi connectivity index (χ3v) is 5.60. The summed E-state index contributed by atoms with van der Waals surface area (Å²) in [5.41, 5.74) is 0.691. The molecule has 0 radical (unpaired) electrons. The van der Waals surface area contributed by atoms with Crippen LogP contribution in [0.5, 0.6) is 0 Å². The number of anilines is 2. The van der Waals surface area contributed by atoms with Gasteiger partial charge in [0.2, 0.25) is 5.13 Å². The summed E-state index contributed by atoms with van der Waals surface area (Å²) < 4.78 is 6.31. The molecule has 1 aliphatic rings. The Morgan fingerprint density at radius 2 is 1.81 bits per heavy atom. The number of hydrogen-bond donors (Lipinski definition) is 0. The SMILES string of the molecule is CCc1nsc(N2CCCN(c3ccc4nnc(C(C)(C)C)n4n3)CC2)n1. The van der Waals surface area contributed by atoms with E-state index in [0.717, 1.165) is 67.3 Å². The van der Waals surface area contributed by atoms with E-state index in [1.165, 1.54) is 11.5 Å². The normalized spacial score (nSPS) is 16.1. The lowest BCUT2D eigenvalue weighted by molar-refractivity contribution is 0.526. The summed E-state index contributed by atoms with van der Waals surface area (Å²) in [5, 5.41) is 14.5. The molecule has 3 aromatic heterocycles. The number of aryl methyl sites for hydroxylation is 1. The van der Waals surface area contributed by atoms with Crippen LogP contribution in [-0.2, 0) is 11.8 Å². The third-order valence-electron chi connectivity index (χ3n) is 4.78. The second-order valence-electron chi connectivity index (χ2n) is 7.91. The molecule has 0 N–H and O–H groups in total. The van der Waals surface area contributed by atoms with Gasteiger partial charge in [-0.15, -0.1) is 15.3 Å². The number of hydrogen-bond acceptors (Lipinski definition) is 8. The van der Waals surface area contributed by atoms with Crippen molar-refractivity contribution in [1.29, 1.82) is 0 Å². The van der Waals surface area contributed by atoms with Crippen LogP contribution in [0.1, 0.15) is 45.8 Å². The van der Waals surface area contributed by atoms with Crippen LogP contribution in [0.25, 0.3) is 5.65 Å². The van der Waals surface area contributed by atoms with E-state index in [9.17, 15) is 0 Å². The van der Waals surface area contributed by atoms with Gasteiger partial charge in [0.05, 0.1) is 0 Å². The van der Waals surface area contributed by atoms with Crippen LogP contribution in [0.4, 0.5) is 10.9 Å². The Morgan fingerprint density at radius 3 is 2.56 bits per heavy atom. The zero-order valence-electron chi connectivity index (χ0n) is 16.4. The van der Waals surface area contributed by atoms with Gasteiger partial charge in [0, 0.05) is 49.5 Å². The number of aromatic nitrogens is 6. The summed E-state index contributed by atoms with van der Waals surface area (Å²) in [6.45, 7) is 12.3. The van der Waals surface area contributed by atoms with Gasteiger partial charge in [0.25, 0.3) is 0 Å². The van der Waals surface area contributed by atoms with Gasteiger partial charge in [-0.2, -0.15) is 8.89 Å². The van der Waals surface area contributed by atoms with Gasteiger partial charge in [0.1, 0.15) is 11.6 Å². The predicted molar refractivity (Wildman–Crippen MR) is 108 cm³/mol. The minimum Gasteiger partial charge on any atom is -0.353 e. The summed E-state index contributed by atoms with van der Waals surface area (Å²) in [6.07, 6.45) is 1.95. The first-order valence-corrected chi connectivity index (χ1v) is 10.3. The second-order valence-corrected chi connectivity index (χ2v) is 8.64. The molecule has 0 atom stereocenters. The maximum absolute atomic E-state index is 4.86. The van der Waals surface area contributed by atoms with Crippen molar-refractivity contribution in [2.45, 2.75) is 46.0 Å². The fourth-order valence-electron chi connectivity index (χ4n) is 3.27. The van der Waals surface area contributed by atoms with Crippen LogP contribution >= 0.6 is 11.5 Å². The maximum Gasteiger partial charge on any atom is 0.205 e. The van der Waals surface area contributed by atoms with Gasteiger partial charge in [-0.3, -0.25) is 0 Å². The van der Waals surface area contributed by atoms with Crippen molar-refractivity contribution in [3.8, 4) is 0 Å². The van der Waals surface area contributed by atoms with Crippen molar-refractivity contribution in [1.82, 2.24) is 29.2 Å². The lowest BCUT2D eigenvalue weighted by atomic mass is 9.96. The minimum absolute atomic E-state index is 0.102. The number of fused-ring (bicyclic) bond motifs is 1. The fraction of sp³-hybridized carbons (Fsp3) is 0.611. The van der Waals surface area contributed by atoms with Crippen molar-refractivity contribution in [2.75, 3.05) is 36.0 Å². The molecule has 0 aromatic carbocycles. The molecule has 4 rings (SSSR count). The van der Waals surface area contributed by atoms with Gasteiger partial charge in [-0.25, -0.2) is 4.98 Å². The van der Waals surface area contributed by atoms with Crippen molar-refractivity contribution in [2.24, 2.45) is 0 Å². The van der Waals surface area contributed by atoms with Gasteiger partial charge in [-0.1, -0.05) is 27.7 Å². The molecule has 0 bridgehead atoms. The van der Waals surface area contributed by atoms with E-state index in [0.29, 0.717) is 0 Å². The first kappa shape index (κ1) is 18.1. The summed E-state index contributed by atoms with van der Waals surface area (Å²) in [6, 6.07) is 4.05. The minimum atomic E-state index is -0.102. The first-order valence-electron chi connectivity index (χ1n) is 9.51. The van der Waals surface area contributed by atoms with Crippen molar-refractivity contribution < 1.29 is 0 Å². The molecule has 8 nitrogen and oxygen atoms in total. The van der Waals surface area contributed by atoms with E-state index < -0.39 is 0 Å². The third kappa shape index (κ3) is 3.60. The molecule has 4 heterocycles. The van der Waals surface area contributed by atoms with Crippen LogP contribution in [0.2, 0.25) is 0 Å². The molecule has 1 aliphatic heterocycles. The molecule has 0 unspecified atom stereocenters. The predicted octanol–water partition coefficient (Wildman–Crippen LogP) is 2.55. The molecule has 27 heavy (non-hydrogen) atoms. The summed E-state index contributed by atoms with van der Waals surface area (Å²) in [7, 11) is 0. The fourth-order valence-corrected chi connectivity index (χ4v) is 4.07. The highest BCUT2D eigenvalue weighted by atomic mass is 32.1. The summed E-state index contributed by atoms with van der Waals surface area (Å²) >= 11 is 1.50. The Balaban J connectivity index is 1.55. The van der Waals surface area contributed by atoms with Gasteiger partial charge >= 0.3 is 0 Å². The largest absolute Gasteiger partial charge is 0.353 e. The van der Waals surface area contributed by atoms with E-state index in [1.807, 2.05) is 16.6 Å². The molecule has 0 aliphatic carbocycles. The zero-order chi connectivity index (χ0) is 19.0. The van der Waals surface area contributed by atoms with Crippen LogP contribution in [-0.4, -0.2) is 55.3 Å². The van der Waals surface area contributed by atoms with Crippen molar-refractivity contribution in [3.05, 3.63) is 23.8 Å². The van der Waals surface area contributed by atoms with Gasteiger partial charge in [0.15, 0.2) is 11.5 Å². The molecular weight excluding hydrogens is 360 g/mol. The average Bonchev–Trinajstić information content (AvgIpc) is 3.22. The Kier molecular flexibility index (Phi) is 4.71. The molecule has 144 valence electrons. The highest BCUT2D eigenvalue weighted by Crippen LogP contribution is 2.23. The smallest absolute Gasteiger partial charge is 0.205 e. The van der Waals surface area contributed by atoms with E-state index >= 15 is 0 Å². The second kappa shape index (κ2) is 7.03. The zero-order valence-corrected chi connectivity index (χ0v) is 17.2. The quantitative estimate of drug-likeness (QED) is 0.685. The first-order chi connectivity index (χ1) is 13.0. The van der Waals surface area contributed by atoms with Crippen LogP contribution < -0.4 is 9.80 Å². The van der Waals surface area contributed by atoms with Crippen LogP contribution in [0.3, 0.4) is 0 Å². The molecule has 3 aromatic rings. The molecule has 0 saturated carbocycles. The van der Waals surface area contributed by atoms with Crippen LogP contribution in [0, 0.1) is 0 Å². The summed E-state index contributed by atoms with van der Waals surface area (Å²) in [5.74, 6) is 2.79. The highest BCUT2D eigenvalue weighted by Gasteiger charge is 2.23. The van der Waals surface area contributed by atoms with E-state index in [2.05, 4.69) is 57.0 Å². The summed E-state index contributed by atoms with van der Waals surface area (Å²) in [4.78, 5) is 9.33. The standard InChI is InChI=1S/C18H26N8S/c1-5-13-19-17(27-23-13)25-10-6-9-24(11-12-25)15-8-7-14-20-21-16(18(2,3)4)26(14)22-15/h7-8H,5-6,9-12H2,1-4H3. The number of rotatable bonds is 3. The highest BCUT2D eigenvalue weighted by molar-refractivity contribution is 7.09. The van der Waals surface area contributed by atoms with Crippen molar-refractivity contribution in [3.63, 3.8) is 0 Å². The Labute approximate surface area is 163 Å². The van der Waals surface area contributed by atoms with E-state index in [-0.39, 0.29) is 5.41 Å². The molecule has 9 heteroatoms. The number of nitrogens with zero attached hydrogens (tertiary/aromatic N) is 8. The van der Waals surface area contributed by atoms with Gasteiger partial charge < -0.3 is 9.80 Å². The average molecular weight is 387 g/mol. The van der Waals surface area contributed by atoms with E-state index in [4.69, 9.17) is 5.10 Å². The maximum atomic E-state index is 4.86. The monoisotopic (exact) mass is 386 g/mol. The Morgan fingerprint density at radius 1 is 1.04 bits per heavy atom. The Bertz CT molecular complexity index is 925. The van der Waals surface area contributed by atoms with Gasteiger partial charge in [-0.05, 0) is 18.6 Å².